The minimum absolute atomic E-state index is 0.0277. The van der Waals surface area contributed by atoms with Crippen LogP contribution in [-0.2, 0) is 14.6 Å². The largest absolute Gasteiger partial charge is 0.354 e. The summed E-state index contributed by atoms with van der Waals surface area (Å²) in [7, 11) is -3.02. The highest BCUT2D eigenvalue weighted by Gasteiger charge is 2.17. The van der Waals surface area contributed by atoms with Gasteiger partial charge in [0.1, 0.15) is 0 Å². The fraction of sp³-hybridized carbons (Fsp3) is 0.889. The second kappa shape index (κ2) is 6.07. The van der Waals surface area contributed by atoms with E-state index in [1.54, 1.807) is 6.92 Å². The molecule has 0 aliphatic rings. The number of carbonyl (C=O) groups excluding carboxylic acids is 1. The van der Waals surface area contributed by atoms with Crippen LogP contribution in [0.25, 0.3) is 0 Å². The molecule has 0 bridgehead atoms. The predicted octanol–water partition coefficient (Wildman–Crippen LogP) is -0.479. The van der Waals surface area contributed by atoms with Crippen molar-refractivity contribution in [2.24, 2.45) is 11.7 Å². The van der Waals surface area contributed by atoms with Gasteiger partial charge in [0.05, 0.1) is 11.8 Å². The minimum atomic E-state index is -3.02. The summed E-state index contributed by atoms with van der Waals surface area (Å²) >= 11 is 0. The molecule has 1 amide bonds. The monoisotopic (exact) mass is 236 g/mol. The molecule has 15 heavy (non-hydrogen) atoms. The molecule has 3 N–H and O–H groups in total. The van der Waals surface area contributed by atoms with Gasteiger partial charge in [-0.15, -0.1) is 0 Å². The van der Waals surface area contributed by atoms with Crippen molar-refractivity contribution >= 4 is 15.7 Å². The number of hydrogen-bond acceptors (Lipinski definition) is 4. The van der Waals surface area contributed by atoms with Crippen molar-refractivity contribution in [1.29, 1.82) is 0 Å². The van der Waals surface area contributed by atoms with Crippen LogP contribution in [0.2, 0.25) is 0 Å². The van der Waals surface area contributed by atoms with Crippen LogP contribution in [-0.4, -0.2) is 38.4 Å². The highest BCUT2D eigenvalue weighted by atomic mass is 32.2. The zero-order chi connectivity index (χ0) is 12.1. The van der Waals surface area contributed by atoms with E-state index in [0.717, 1.165) is 0 Å². The van der Waals surface area contributed by atoms with Gasteiger partial charge < -0.3 is 11.1 Å². The zero-order valence-corrected chi connectivity index (χ0v) is 10.3. The van der Waals surface area contributed by atoms with Crippen LogP contribution in [0, 0.1) is 5.92 Å². The number of carbonyl (C=O) groups is 1. The number of nitrogens with two attached hydrogens (primary N) is 1. The SMILES string of the molecule is CCS(=O)(=O)CCNC(=O)C(N)C(C)C. The summed E-state index contributed by atoms with van der Waals surface area (Å²) in [5.74, 6) is -0.178. The molecule has 0 rings (SSSR count). The zero-order valence-electron chi connectivity index (χ0n) is 9.49. The van der Waals surface area contributed by atoms with Crippen LogP contribution in [0.4, 0.5) is 0 Å². The Balaban J connectivity index is 3.93. The number of nitrogens with one attached hydrogen (secondary N) is 1. The number of rotatable bonds is 6. The van der Waals surface area contributed by atoms with Crippen molar-refractivity contribution in [3.8, 4) is 0 Å². The van der Waals surface area contributed by atoms with E-state index >= 15 is 0 Å². The first-order valence-electron chi connectivity index (χ1n) is 5.04. The number of amides is 1. The minimum Gasteiger partial charge on any atom is -0.354 e. The molecule has 0 aliphatic heterocycles. The van der Waals surface area contributed by atoms with Crippen molar-refractivity contribution in [3.63, 3.8) is 0 Å². The Morgan fingerprint density at radius 2 is 1.93 bits per heavy atom. The molecule has 0 aromatic rings. The lowest BCUT2D eigenvalue weighted by molar-refractivity contribution is -0.123. The van der Waals surface area contributed by atoms with Gasteiger partial charge >= 0.3 is 0 Å². The summed E-state index contributed by atoms with van der Waals surface area (Å²) in [4.78, 5) is 11.3. The summed E-state index contributed by atoms with van der Waals surface area (Å²) in [6.07, 6.45) is 0. The van der Waals surface area contributed by atoms with Crippen molar-refractivity contribution in [2.75, 3.05) is 18.1 Å². The van der Waals surface area contributed by atoms with E-state index in [9.17, 15) is 13.2 Å². The van der Waals surface area contributed by atoms with Gasteiger partial charge in [0.25, 0.3) is 0 Å². The molecule has 0 heterocycles. The molecule has 0 aromatic carbocycles. The molecule has 0 saturated heterocycles. The maximum Gasteiger partial charge on any atom is 0.237 e. The van der Waals surface area contributed by atoms with E-state index in [4.69, 9.17) is 5.73 Å². The predicted molar refractivity (Wildman–Crippen MR) is 60.2 cm³/mol. The lowest BCUT2D eigenvalue weighted by Crippen LogP contribution is -2.45. The topological polar surface area (TPSA) is 89.3 Å². The molecule has 0 fully saturated rings. The molecule has 6 heteroatoms. The van der Waals surface area contributed by atoms with Gasteiger partial charge in [-0.2, -0.15) is 0 Å². The van der Waals surface area contributed by atoms with E-state index in [2.05, 4.69) is 5.32 Å². The quantitative estimate of drug-likeness (QED) is 0.652. The third kappa shape index (κ3) is 5.74. The molecule has 1 atom stereocenters. The molecular formula is C9H20N2O3S. The smallest absolute Gasteiger partial charge is 0.237 e. The molecule has 90 valence electrons. The summed E-state index contributed by atoms with van der Waals surface area (Å²) in [6, 6.07) is -0.575. The number of hydrogen-bond donors (Lipinski definition) is 2. The molecule has 0 radical (unpaired) electrons. The van der Waals surface area contributed by atoms with Crippen LogP contribution < -0.4 is 11.1 Å². The third-order valence-corrected chi connectivity index (χ3v) is 3.88. The molecule has 0 aliphatic carbocycles. The number of sulfone groups is 1. The average molecular weight is 236 g/mol. The maximum absolute atomic E-state index is 11.3. The Labute approximate surface area is 91.3 Å². The summed E-state index contributed by atoms with van der Waals surface area (Å²) < 4.78 is 22.2. The highest BCUT2D eigenvalue weighted by Crippen LogP contribution is 1.97. The van der Waals surface area contributed by atoms with Crippen molar-refractivity contribution in [1.82, 2.24) is 5.32 Å². The van der Waals surface area contributed by atoms with Gasteiger partial charge in [-0.25, -0.2) is 8.42 Å². The Kier molecular flexibility index (Phi) is 5.82. The highest BCUT2D eigenvalue weighted by molar-refractivity contribution is 7.91. The molecule has 0 aromatic heterocycles. The second-order valence-electron chi connectivity index (χ2n) is 3.80. The Hall–Kier alpha value is -0.620. The van der Waals surface area contributed by atoms with Crippen LogP contribution in [0.3, 0.4) is 0 Å². The Morgan fingerprint density at radius 1 is 1.40 bits per heavy atom. The van der Waals surface area contributed by atoms with Crippen molar-refractivity contribution in [3.05, 3.63) is 0 Å². The second-order valence-corrected chi connectivity index (χ2v) is 6.27. The molecule has 1 unspecified atom stereocenters. The van der Waals surface area contributed by atoms with Crippen LogP contribution in [0.15, 0.2) is 0 Å². The first-order valence-corrected chi connectivity index (χ1v) is 6.86. The first-order chi connectivity index (χ1) is 6.80. The molecule has 0 spiro atoms. The summed E-state index contributed by atoms with van der Waals surface area (Å²) in [5, 5.41) is 2.51. The van der Waals surface area contributed by atoms with Crippen molar-refractivity contribution < 1.29 is 13.2 Å². The van der Waals surface area contributed by atoms with Gasteiger partial charge in [0.15, 0.2) is 9.84 Å². The molecule has 0 saturated carbocycles. The summed E-state index contributed by atoms with van der Waals surface area (Å²) in [5.41, 5.74) is 5.58. The fourth-order valence-electron chi connectivity index (χ4n) is 0.895. The van der Waals surface area contributed by atoms with Crippen LogP contribution in [0.5, 0.6) is 0 Å². The van der Waals surface area contributed by atoms with Crippen LogP contribution in [0.1, 0.15) is 20.8 Å². The normalized spacial score (nSPS) is 13.9. The van der Waals surface area contributed by atoms with E-state index in [1.807, 2.05) is 13.8 Å². The standard InChI is InChI=1S/C9H20N2O3S/c1-4-15(13,14)6-5-11-9(12)8(10)7(2)3/h7-8H,4-6,10H2,1-3H3,(H,11,12). The van der Waals surface area contributed by atoms with E-state index in [0.29, 0.717) is 0 Å². The average Bonchev–Trinajstić information content (AvgIpc) is 2.16. The Morgan fingerprint density at radius 3 is 2.33 bits per heavy atom. The first kappa shape index (κ1) is 14.4. The van der Waals surface area contributed by atoms with Gasteiger partial charge in [0, 0.05) is 12.3 Å². The lowest BCUT2D eigenvalue weighted by atomic mass is 10.1. The maximum atomic E-state index is 11.3. The van der Waals surface area contributed by atoms with Crippen molar-refractivity contribution in [2.45, 2.75) is 26.8 Å². The third-order valence-electron chi connectivity index (χ3n) is 2.17. The van der Waals surface area contributed by atoms with Gasteiger partial charge in [-0.05, 0) is 5.92 Å². The van der Waals surface area contributed by atoms with E-state index < -0.39 is 15.9 Å². The molecular weight excluding hydrogens is 216 g/mol. The van der Waals surface area contributed by atoms with Crippen LogP contribution >= 0.6 is 0 Å². The fourth-order valence-corrected chi connectivity index (χ4v) is 1.60. The van der Waals surface area contributed by atoms with E-state index in [1.165, 1.54) is 0 Å². The summed E-state index contributed by atoms with van der Waals surface area (Å²) in [6.45, 7) is 5.40. The molecule has 5 nitrogen and oxygen atoms in total. The Bertz CT molecular complexity index is 298. The van der Waals surface area contributed by atoms with Gasteiger partial charge in [0.2, 0.25) is 5.91 Å². The van der Waals surface area contributed by atoms with Gasteiger partial charge in [-0.3, -0.25) is 4.79 Å². The van der Waals surface area contributed by atoms with E-state index in [-0.39, 0.29) is 29.9 Å². The lowest BCUT2D eigenvalue weighted by Gasteiger charge is -2.15. The van der Waals surface area contributed by atoms with Gasteiger partial charge in [-0.1, -0.05) is 20.8 Å².